The molecule has 0 aliphatic heterocycles. The molecular formula is C60H48N2. The minimum Gasteiger partial charge on any atom is -0.314 e. The Bertz CT molecular complexity index is 3130. The van der Waals surface area contributed by atoms with E-state index >= 15 is 0 Å². The summed E-state index contributed by atoms with van der Waals surface area (Å²) in [6.45, 7) is 4.38. The standard InChI is InChI=1S/C60H48N2/c1-43(45-18-7-3-8-19-45)30-31-44(2)61(54-38-36-47(37-39-54)46-20-9-4-10-21-46)55-27-17-24-51(40-55)48-32-34-49(35-33-48)52-41-57(50-22-11-5-12-23-50)60-58(42-52)56-28-15-16-29-59(56)62(60)53-25-13-6-14-26-53/h3-34,36-42,49H,35H2,1-2H3/b43-30+,44-31+. The lowest BCUT2D eigenvalue weighted by molar-refractivity contribution is 0.858. The Morgan fingerprint density at radius 1 is 0.532 bits per heavy atom. The number of para-hydroxylation sites is 2. The van der Waals surface area contributed by atoms with Gasteiger partial charge in [-0.05, 0) is 125 Å². The smallest absolute Gasteiger partial charge is 0.0619 e. The van der Waals surface area contributed by atoms with Crippen molar-refractivity contribution in [3.05, 3.63) is 259 Å². The summed E-state index contributed by atoms with van der Waals surface area (Å²) in [5, 5.41) is 2.55. The van der Waals surface area contributed by atoms with E-state index in [2.05, 4.69) is 260 Å². The van der Waals surface area contributed by atoms with Crippen LogP contribution in [0, 0.1) is 0 Å². The highest BCUT2D eigenvalue weighted by molar-refractivity contribution is 6.14. The van der Waals surface area contributed by atoms with E-state index in [9.17, 15) is 0 Å². The SMILES string of the molecule is C/C(=C\C=C(/C)N(c1ccc(-c2ccccc2)cc1)c1cccc(C2=CCC(c3cc(-c4ccccc4)c4c(c3)c3ccccc3n4-c3ccccc3)C=C2)c1)c1ccccc1. The van der Waals surface area contributed by atoms with E-state index in [1.54, 1.807) is 0 Å². The second-order valence-corrected chi connectivity index (χ2v) is 16.2. The quantitative estimate of drug-likeness (QED) is 0.125. The van der Waals surface area contributed by atoms with Crippen LogP contribution in [0.4, 0.5) is 11.4 Å². The summed E-state index contributed by atoms with van der Waals surface area (Å²) in [6.07, 6.45) is 12.6. The van der Waals surface area contributed by atoms with E-state index in [1.165, 1.54) is 77.6 Å². The third kappa shape index (κ3) is 7.64. The number of hydrogen-bond donors (Lipinski definition) is 0. The van der Waals surface area contributed by atoms with Crippen LogP contribution in [0.1, 0.15) is 42.9 Å². The lowest BCUT2D eigenvalue weighted by Crippen LogP contribution is -2.14. The van der Waals surface area contributed by atoms with Gasteiger partial charge in [0, 0.05) is 45.0 Å². The summed E-state index contributed by atoms with van der Waals surface area (Å²) < 4.78 is 2.44. The Labute approximate surface area is 365 Å². The maximum atomic E-state index is 2.45. The number of hydrogen-bond acceptors (Lipinski definition) is 1. The average Bonchev–Trinajstić information content (AvgIpc) is 3.69. The molecule has 1 heterocycles. The molecule has 298 valence electrons. The Kier molecular flexibility index (Phi) is 10.6. The Morgan fingerprint density at radius 2 is 1.16 bits per heavy atom. The van der Waals surface area contributed by atoms with Crippen LogP contribution in [0.2, 0.25) is 0 Å². The third-order valence-corrected chi connectivity index (χ3v) is 12.2. The van der Waals surface area contributed by atoms with Crippen LogP contribution in [0.3, 0.4) is 0 Å². The minimum atomic E-state index is 0.247. The molecule has 1 unspecified atom stereocenters. The minimum absolute atomic E-state index is 0.247. The molecule has 0 amide bonds. The molecule has 1 aliphatic rings. The van der Waals surface area contributed by atoms with Gasteiger partial charge in [0.15, 0.2) is 0 Å². The van der Waals surface area contributed by atoms with E-state index in [1.807, 2.05) is 0 Å². The molecule has 2 heteroatoms. The molecule has 0 radical (unpaired) electrons. The van der Waals surface area contributed by atoms with E-state index in [-0.39, 0.29) is 5.92 Å². The van der Waals surface area contributed by atoms with Crippen molar-refractivity contribution in [2.45, 2.75) is 26.2 Å². The maximum absolute atomic E-state index is 2.45. The van der Waals surface area contributed by atoms with Gasteiger partial charge in [0.05, 0.1) is 11.0 Å². The normalized spacial score (nSPS) is 14.3. The Balaban J connectivity index is 1.00. The molecule has 8 aromatic carbocycles. The van der Waals surface area contributed by atoms with Crippen molar-refractivity contribution in [2.24, 2.45) is 0 Å². The monoisotopic (exact) mass is 796 g/mol. The van der Waals surface area contributed by atoms with Crippen LogP contribution >= 0.6 is 0 Å². The number of nitrogens with zero attached hydrogens (tertiary/aromatic N) is 2. The molecule has 1 aliphatic carbocycles. The summed E-state index contributed by atoms with van der Waals surface area (Å²) in [4.78, 5) is 2.37. The van der Waals surface area contributed by atoms with Crippen LogP contribution in [0.25, 0.3) is 60.9 Å². The van der Waals surface area contributed by atoms with Gasteiger partial charge in [-0.15, -0.1) is 0 Å². The molecule has 0 saturated heterocycles. The number of allylic oxidation sites excluding steroid dienone is 8. The van der Waals surface area contributed by atoms with E-state index in [0.29, 0.717) is 0 Å². The fraction of sp³-hybridized carbons (Fsp3) is 0.0667. The zero-order valence-electron chi connectivity index (χ0n) is 35.2. The number of anilines is 2. The predicted molar refractivity (Wildman–Crippen MR) is 265 cm³/mol. The van der Waals surface area contributed by atoms with Crippen molar-refractivity contribution in [1.29, 1.82) is 0 Å². The summed E-state index contributed by atoms with van der Waals surface area (Å²) >= 11 is 0. The number of aromatic nitrogens is 1. The molecule has 0 saturated carbocycles. The topological polar surface area (TPSA) is 8.17 Å². The van der Waals surface area contributed by atoms with Gasteiger partial charge in [-0.25, -0.2) is 0 Å². The molecule has 0 N–H and O–H groups in total. The van der Waals surface area contributed by atoms with Gasteiger partial charge in [0.25, 0.3) is 0 Å². The second kappa shape index (κ2) is 17.1. The highest BCUT2D eigenvalue weighted by atomic mass is 15.1. The van der Waals surface area contributed by atoms with Crippen molar-refractivity contribution in [3.8, 4) is 27.9 Å². The molecule has 1 atom stereocenters. The molecule has 0 spiro atoms. The van der Waals surface area contributed by atoms with Gasteiger partial charge < -0.3 is 9.47 Å². The van der Waals surface area contributed by atoms with E-state index in [4.69, 9.17) is 0 Å². The van der Waals surface area contributed by atoms with Gasteiger partial charge in [-0.3, -0.25) is 0 Å². The molecular weight excluding hydrogens is 749 g/mol. The first kappa shape index (κ1) is 38.5. The third-order valence-electron chi connectivity index (χ3n) is 12.2. The predicted octanol–water partition coefficient (Wildman–Crippen LogP) is 16.4. The van der Waals surface area contributed by atoms with Crippen LogP contribution < -0.4 is 4.90 Å². The second-order valence-electron chi connectivity index (χ2n) is 16.2. The lowest BCUT2D eigenvalue weighted by atomic mass is 9.86. The van der Waals surface area contributed by atoms with Crippen LogP contribution in [0.15, 0.2) is 242 Å². The van der Waals surface area contributed by atoms with Crippen molar-refractivity contribution in [3.63, 3.8) is 0 Å². The first-order chi connectivity index (χ1) is 30.6. The molecule has 9 aromatic rings. The Hall–Kier alpha value is -7.68. The van der Waals surface area contributed by atoms with E-state index < -0.39 is 0 Å². The maximum Gasteiger partial charge on any atom is 0.0619 e. The highest BCUT2D eigenvalue weighted by Gasteiger charge is 2.21. The largest absolute Gasteiger partial charge is 0.314 e. The fourth-order valence-electron chi connectivity index (χ4n) is 9.03. The van der Waals surface area contributed by atoms with Crippen molar-refractivity contribution in [2.75, 3.05) is 4.90 Å². The summed E-state index contributed by atoms with van der Waals surface area (Å²) in [6, 6.07) is 74.5. The van der Waals surface area contributed by atoms with Crippen LogP contribution in [-0.2, 0) is 0 Å². The highest BCUT2D eigenvalue weighted by Crippen LogP contribution is 2.42. The van der Waals surface area contributed by atoms with Crippen molar-refractivity contribution >= 4 is 44.3 Å². The van der Waals surface area contributed by atoms with E-state index in [0.717, 1.165) is 23.5 Å². The molecule has 0 fully saturated rings. The molecule has 0 bridgehead atoms. The van der Waals surface area contributed by atoms with Gasteiger partial charge in [-0.2, -0.15) is 0 Å². The van der Waals surface area contributed by atoms with Crippen molar-refractivity contribution in [1.82, 2.24) is 4.57 Å². The first-order valence-corrected chi connectivity index (χ1v) is 21.6. The molecule has 10 rings (SSSR count). The van der Waals surface area contributed by atoms with Gasteiger partial charge in [0.2, 0.25) is 0 Å². The summed E-state index contributed by atoms with van der Waals surface area (Å²) in [5.74, 6) is 0.247. The van der Waals surface area contributed by atoms with Crippen LogP contribution in [-0.4, -0.2) is 4.57 Å². The summed E-state index contributed by atoms with van der Waals surface area (Å²) in [7, 11) is 0. The first-order valence-electron chi connectivity index (χ1n) is 21.6. The van der Waals surface area contributed by atoms with Gasteiger partial charge in [0.1, 0.15) is 0 Å². The molecule has 2 nitrogen and oxygen atoms in total. The van der Waals surface area contributed by atoms with Gasteiger partial charge in [-0.1, -0.05) is 176 Å². The zero-order chi connectivity index (χ0) is 41.8. The average molecular weight is 797 g/mol. The lowest BCUT2D eigenvalue weighted by Gasteiger charge is -2.27. The molecule has 62 heavy (non-hydrogen) atoms. The Morgan fingerprint density at radius 3 is 1.87 bits per heavy atom. The zero-order valence-corrected chi connectivity index (χ0v) is 35.2. The molecule has 1 aromatic heterocycles. The fourth-order valence-corrected chi connectivity index (χ4v) is 9.03. The number of benzene rings is 8. The van der Waals surface area contributed by atoms with Crippen molar-refractivity contribution < 1.29 is 0 Å². The van der Waals surface area contributed by atoms with Crippen LogP contribution in [0.5, 0.6) is 0 Å². The summed E-state index contributed by atoms with van der Waals surface area (Å²) in [5.41, 5.74) is 18.1. The van der Waals surface area contributed by atoms with Gasteiger partial charge >= 0.3 is 0 Å². The number of rotatable bonds is 10. The number of fused-ring (bicyclic) bond motifs is 3.